The minimum absolute atomic E-state index is 0.267. The van der Waals surface area contributed by atoms with E-state index in [1.807, 2.05) is 24.3 Å². The van der Waals surface area contributed by atoms with Crippen LogP contribution in [0.4, 0.5) is 11.4 Å². The maximum atomic E-state index is 6.72. The van der Waals surface area contributed by atoms with Gasteiger partial charge in [-0.25, -0.2) is 0 Å². The number of fused-ring (bicyclic) bond motifs is 7. The molecule has 0 aliphatic carbocycles. The predicted molar refractivity (Wildman–Crippen MR) is 139 cm³/mol. The lowest BCUT2D eigenvalue weighted by molar-refractivity contribution is -0.747. The van der Waals surface area contributed by atoms with Gasteiger partial charge in [-0.05, 0) is 23.8 Å². The molecule has 172 valence electrons. The van der Waals surface area contributed by atoms with Gasteiger partial charge in [0.15, 0.2) is 12.4 Å². The van der Waals surface area contributed by atoms with Gasteiger partial charge in [-0.2, -0.15) is 0 Å². The Bertz CT molecular complexity index is 1490. The summed E-state index contributed by atoms with van der Waals surface area (Å²) in [5.74, 6) is 1.73. The molecule has 4 bridgehead atoms. The van der Waals surface area contributed by atoms with Gasteiger partial charge in [0.25, 0.3) is 0 Å². The normalized spacial score (nSPS) is 19.0. The maximum Gasteiger partial charge on any atom is 0.517 e. The van der Waals surface area contributed by atoms with Crippen molar-refractivity contribution in [1.82, 2.24) is 0 Å². The molecule has 2 heterocycles. The Kier molecular flexibility index (Phi) is 5.03. The molecular weight excluding hydrogens is 432 g/mol. The third-order valence-corrected chi connectivity index (χ3v) is 7.03. The van der Waals surface area contributed by atoms with E-state index in [1.54, 1.807) is 7.11 Å². The molecule has 0 spiro atoms. The molecule has 0 saturated carbocycles. The molecule has 4 aromatic rings. The van der Waals surface area contributed by atoms with Crippen LogP contribution in [0.3, 0.4) is 0 Å². The highest BCUT2D eigenvalue weighted by Crippen LogP contribution is 2.41. The van der Waals surface area contributed by atoms with E-state index in [4.69, 9.17) is 9.47 Å². The molecule has 4 nitrogen and oxygen atoms in total. The highest BCUT2D eigenvalue weighted by molar-refractivity contribution is 5.83. The minimum atomic E-state index is -0.433. The largest absolute Gasteiger partial charge is 0.517 e. The van der Waals surface area contributed by atoms with Crippen LogP contribution in [0.25, 0.3) is 0 Å². The molecule has 4 aromatic carbocycles. The second-order valence-corrected chi connectivity index (χ2v) is 9.49. The van der Waals surface area contributed by atoms with E-state index in [0.717, 1.165) is 39.6 Å². The fraction of sp³-hybridized carbons (Fsp3) is 0.161. The number of benzene rings is 4. The van der Waals surface area contributed by atoms with Gasteiger partial charge in [0.2, 0.25) is 11.4 Å². The van der Waals surface area contributed by atoms with Gasteiger partial charge in [0.1, 0.15) is 11.5 Å². The molecule has 0 aromatic heterocycles. The number of hydrogen-bond acceptors (Lipinski definition) is 2. The first kappa shape index (κ1) is 21.4. The number of rotatable bonds is 2. The summed E-state index contributed by atoms with van der Waals surface area (Å²) < 4.78 is 17.2. The average molecular weight is 461 g/mol. The number of ether oxygens (including phenoxy) is 2. The van der Waals surface area contributed by atoms with Crippen LogP contribution in [0.2, 0.25) is 0 Å². The van der Waals surface area contributed by atoms with Gasteiger partial charge in [-0.1, -0.05) is 77.6 Å². The monoisotopic (exact) mass is 460 g/mol. The highest BCUT2D eigenvalue weighted by atomic mass is 16.5. The molecule has 6 rings (SSSR count). The zero-order valence-electron chi connectivity index (χ0n) is 20.2. The Labute approximate surface area is 206 Å². The van der Waals surface area contributed by atoms with Crippen molar-refractivity contribution in [2.45, 2.75) is 25.6 Å². The van der Waals surface area contributed by atoms with Gasteiger partial charge < -0.3 is 9.47 Å². The van der Waals surface area contributed by atoms with E-state index < -0.39 is 6.35 Å². The van der Waals surface area contributed by atoms with Gasteiger partial charge in [0, 0.05) is 35.2 Å². The Morgan fingerprint density at radius 3 is 2.20 bits per heavy atom. The lowest BCUT2D eigenvalue weighted by Gasteiger charge is -2.28. The van der Waals surface area contributed by atoms with E-state index in [0.29, 0.717) is 0 Å². The summed E-state index contributed by atoms with van der Waals surface area (Å²) in [6.07, 6.45) is 3.89. The molecule has 0 saturated heterocycles. The minimum Gasteiger partial charge on any atom is -0.496 e. The van der Waals surface area contributed by atoms with Crippen molar-refractivity contribution in [1.29, 1.82) is 0 Å². The zero-order valence-corrected chi connectivity index (χ0v) is 20.2. The number of methoxy groups -OCH3 is 1. The highest BCUT2D eigenvalue weighted by Gasteiger charge is 2.42. The summed E-state index contributed by atoms with van der Waals surface area (Å²) >= 11 is 0. The van der Waals surface area contributed by atoms with Crippen molar-refractivity contribution in [3.8, 4) is 11.5 Å². The van der Waals surface area contributed by atoms with Gasteiger partial charge >= 0.3 is 6.35 Å². The van der Waals surface area contributed by atoms with Crippen LogP contribution in [0, 0.1) is 0 Å². The molecule has 4 heteroatoms. The van der Waals surface area contributed by atoms with E-state index in [1.165, 1.54) is 5.56 Å². The smallest absolute Gasteiger partial charge is 0.496 e. The van der Waals surface area contributed by atoms with Crippen molar-refractivity contribution in [2.75, 3.05) is 7.11 Å². The first-order valence-corrected chi connectivity index (χ1v) is 11.9. The Morgan fingerprint density at radius 1 is 0.714 bits per heavy atom. The van der Waals surface area contributed by atoms with E-state index >= 15 is 0 Å². The van der Waals surface area contributed by atoms with Crippen LogP contribution in [0.15, 0.2) is 97.1 Å². The zero-order chi connectivity index (χ0) is 24.0. The van der Waals surface area contributed by atoms with Crippen molar-refractivity contribution in [2.24, 2.45) is 0 Å². The van der Waals surface area contributed by atoms with Crippen molar-refractivity contribution >= 4 is 23.8 Å². The van der Waals surface area contributed by atoms with Crippen molar-refractivity contribution in [3.05, 3.63) is 119 Å². The standard InChI is InChI=1S/C31H28N2O2/c1-31(2)24-13-10-16-26(19-24)33-20-22-11-7-8-18-28(22)35-30(33)32(25-14-5-4-6-15-25)21-23-12-9-17-27(31)29(23)34-3/h4-21,30H,1-3H3/q+2/b32-21-/t30-/m0/s1. The van der Waals surface area contributed by atoms with Crippen LogP contribution in [0.1, 0.15) is 36.1 Å². The molecule has 1 atom stereocenters. The molecule has 0 amide bonds. The van der Waals surface area contributed by atoms with Crippen LogP contribution in [-0.4, -0.2) is 35.0 Å². The Morgan fingerprint density at radius 2 is 1.37 bits per heavy atom. The summed E-state index contributed by atoms with van der Waals surface area (Å²) in [6.45, 7) is 4.51. The number of hydrogen-bond donors (Lipinski definition) is 0. The van der Waals surface area contributed by atoms with Crippen LogP contribution >= 0.6 is 0 Å². The average Bonchev–Trinajstić information content (AvgIpc) is 2.91. The topological polar surface area (TPSA) is 24.5 Å². The lowest BCUT2D eigenvalue weighted by Crippen LogP contribution is -2.41. The van der Waals surface area contributed by atoms with Crippen LogP contribution < -0.4 is 9.47 Å². The number of para-hydroxylation sites is 3. The van der Waals surface area contributed by atoms with E-state index in [-0.39, 0.29) is 5.41 Å². The fourth-order valence-electron chi connectivity index (χ4n) is 5.07. The summed E-state index contributed by atoms with van der Waals surface area (Å²) in [4.78, 5) is 0. The fourth-order valence-corrected chi connectivity index (χ4v) is 5.07. The molecule has 0 N–H and O–H groups in total. The molecule has 2 aliphatic heterocycles. The van der Waals surface area contributed by atoms with Crippen molar-refractivity contribution in [3.63, 3.8) is 0 Å². The van der Waals surface area contributed by atoms with Gasteiger partial charge in [0.05, 0.1) is 18.2 Å². The molecule has 0 unspecified atom stereocenters. The molecule has 35 heavy (non-hydrogen) atoms. The SMILES string of the molecule is COc1c2cccc1C(C)(C)c1cccc(c1)[N+]1=Cc3ccccc3O[C@H]1/[N+](c1ccccc1)=C\2. The van der Waals surface area contributed by atoms with Gasteiger partial charge in [-0.15, -0.1) is 0 Å². The first-order valence-electron chi connectivity index (χ1n) is 11.9. The molecule has 0 radical (unpaired) electrons. The molecular formula is C31H28N2O2+2. The molecule has 2 aliphatic rings. The van der Waals surface area contributed by atoms with Crippen LogP contribution in [0.5, 0.6) is 11.5 Å². The Balaban J connectivity index is 1.72. The second kappa shape index (κ2) is 8.24. The predicted octanol–water partition coefficient (Wildman–Crippen LogP) is 6.24. The quantitative estimate of drug-likeness (QED) is 0.331. The van der Waals surface area contributed by atoms with Crippen molar-refractivity contribution < 1.29 is 18.6 Å². The summed E-state index contributed by atoms with van der Waals surface area (Å²) in [7, 11) is 1.75. The Hall–Kier alpha value is -4.18. The van der Waals surface area contributed by atoms with Gasteiger partial charge in [-0.3, -0.25) is 0 Å². The first-order chi connectivity index (χ1) is 17.1. The number of nitrogens with zero attached hydrogens (tertiary/aromatic N) is 2. The lowest BCUT2D eigenvalue weighted by atomic mass is 9.77. The summed E-state index contributed by atoms with van der Waals surface area (Å²) in [5, 5.41) is 0. The molecule has 0 fully saturated rings. The second-order valence-electron chi connectivity index (χ2n) is 9.49. The maximum absolute atomic E-state index is 6.72. The van der Waals surface area contributed by atoms with E-state index in [9.17, 15) is 0 Å². The summed E-state index contributed by atoms with van der Waals surface area (Å²) in [6, 6.07) is 33.6. The summed E-state index contributed by atoms with van der Waals surface area (Å²) in [5.41, 5.74) is 6.23. The third kappa shape index (κ3) is 3.53. The van der Waals surface area contributed by atoms with E-state index in [2.05, 4.69) is 108 Å². The third-order valence-electron chi connectivity index (χ3n) is 7.03. The van der Waals surface area contributed by atoms with Crippen LogP contribution in [-0.2, 0) is 5.41 Å².